The molecule has 0 atom stereocenters. The van der Waals surface area contributed by atoms with Crippen LogP contribution < -0.4 is 0 Å². The molecule has 4 heteroatoms. The summed E-state index contributed by atoms with van der Waals surface area (Å²) in [6.07, 6.45) is 1.42. The second kappa shape index (κ2) is 7.48. The summed E-state index contributed by atoms with van der Waals surface area (Å²) >= 11 is 4.92. The first kappa shape index (κ1) is 13.3. The summed E-state index contributed by atoms with van der Waals surface area (Å²) < 4.78 is 0.978. The molecule has 2 nitrogen and oxygen atoms in total. The van der Waals surface area contributed by atoms with E-state index in [9.17, 15) is 4.79 Å². The van der Waals surface area contributed by atoms with Crippen LogP contribution in [0.4, 0.5) is 0 Å². The molecule has 0 N–H and O–H groups in total. The fourth-order valence-corrected chi connectivity index (χ4v) is 2.25. The van der Waals surface area contributed by atoms with Crippen LogP contribution in [0.1, 0.15) is 23.2 Å². The van der Waals surface area contributed by atoms with Gasteiger partial charge in [0.2, 0.25) is 0 Å². The molecule has 1 aromatic carbocycles. The average Bonchev–Trinajstić information content (AvgIpc) is 2.29. The first-order valence-corrected chi connectivity index (χ1v) is 6.92. The highest BCUT2D eigenvalue weighted by Crippen LogP contribution is 2.13. The zero-order valence-corrected chi connectivity index (χ0v) is 11.2. The molecule has 0 heterocycles. The number of carbonyl (C=O) groups is 1. The summed E-state index contributed by atoms with van der Waals surface area (Å²) in [5.41, 5.74) is 0.746. The monoisotopic (exact) mass is 297 g/mol. The molecule has 0 bridgehead atoms. The van der Waals surface area contributed by atoms with Crippen molar-refractivity contribution in [3.05, 3.63) is 34.3 Å². The number of Topliss-reactive ketones (excluding diaryl/α,β-unsaturated/α-hetero) is 1. The number of thioether (sulfide) groups is 1. The number of halogens is 1. The minimum atomic E-state index is 0.148. The van der Waals surface area contributed by atoms with Gasteiger partial charge in [-0.15, -0.1) is 0 Å². The lowest BCUT2D eigenvalue weighted by molar-refractivity contribution is 0.102. The van der Waals surface area contributed by atoms with E-state index in [1.54, 1.807) is 11.8 Å². The molecular weight excluding hydrogens is 286 g/mol. The Morgan fingerprint density at radius 2 is 2.06 bits per heavy atom. The zero-order chi connectivity index (χ0) is 11.8. The predicted octanol–water partition coefficient (Wildman–Crippen LogP) is 3.67. The molecular formula is C12H12BrNOS. The Morgan fingerprint density at radius 1 is 1.38 bits per heavy atom. The minimum absolute atomic E-state index is 0.148. The maximum absolute atomic E-state index is 11.7. The van der Waals surface area contributed by atoms with Gasteiger partial charge in [-0.3, -0.25) is 4.79 Å². The van der Waals surface area contributed by atoms with Gasteiger partial charge in [0.1, 0.15) is 0 Å². The van der Waals surface area contributed by atoms with Crippen LogP contribution in [0.5, 0.6) is 0 Å². The molecule has 16 heavy (non-hydrogen) atoms. The third-order valence-corrected chi connectivity index (χ3v) is 3.55. The number of hydrogen-bond donors (Lipinski definition) is 0. The number of rotatable bonds is 6. The Hall–Kier alpha value is -0.790. The Balaban J connectivity index is 2.30. The maximum Gasteiger partial charge on any atom is 0.172 e. The molecule has 0 aliphatic heterocycles. The summed E-state index contributed by atoms with van der Waals surface area (Å²) in [5, 5.41) is 8.35. The van der Waals surface area contributed by atoms with E-state index in [0.29, 0.717) is 12.2 Å². The Bertz CT molecular complexity index is 383. The first-order chi connectivity index (χ1) is 7.74. The Morgan fingerprint density at radius 3 is 2.69 bits per heavy atom. The van der Waals surface area contributed by atoms with E-state index in [0.717, 1.165) is 22.2 Å². The molecule has 0 aliphatic carbocycles. The van der Waals surface area contributed by atoms with Crippen LogP contribution in [0.15, 0.2) is 28.7 Å². The molecule has 0 unspecified atom stereocenters. The van der Waals surface area contributed by atoms with Gasteiger partial charge in [0.25, 0.3) is 0 Å². The van der Waals surface area contributed by atoms with E-state index < -0.39 is 0 Å². The van der Waals surface area contributed by atoms with Gasteiger partial charge in [0, 0.05) is 16.5 Å². The largest absolute Gasteiger partial charge is 0.293 e. The van der Waals surface area contributed by atoms with Gasteiger partial charge >= 0.3 is 0 Å². The van der Waals surface area contributed by atoms with Crippen LogP contribution in [-0.2, 0) is 0 Å². The smallest absolute Gasteiger partial charge is 0.172 e. The number of nitrogens with zero attached hydrogens (tertiary/aromatic N) is 1. The highest BCUT2D eigenvalue weighted by atomic mass is 79.9. The van der Waals surface area contributed by atoms with E-state index in [1.807, 2.05) is 24.3 Å². The van der Waals surface area contributed by atoms with Gasteiger partial charge < -0.3 is 0 Å². The highest BCUT2D eigenvalue weighted by Gasteiger charge is 2.04. The normalized spacial score (nSPS) is 9.75. The van der Waals surface area contributed by atoms with Gasteiger partial charge in [-0.25, -0.2) is 0 Å². The molecule has 0 aliphatic rings. The Kier molecular flexibility index (Phi) is 6.20. The quantitative estimate of drug-likeness (QED) is 0.594. The lowest BCUT2D eigenvalue weighted by Crippen LogP contribution is -2.02. The number of benzene rings is 1. The summed E-state index contributed by atoms with van der Waals surface area (Å²) in [4.78, 5) is 11.7. The fraction of sp³-hybridized carbons (Fsp3) is 0.333. The zero-order valence-electron chi connectivity index (χ0n) is 8.78. The van der Waals surface area contributed by atoms with Gasteiger partial charge in [-0.1, -0.05) is 28.1 Å². The van der Waals surface area contributed by atoms with Gasteiger partial charge in [0.05, 0.1) is 11.8 Å². The van der Waals surface area contributed by atoms with Crippen molar-refractivity contribution in [1.82, 2.24) is 0 Å². The van der Waals surface area contributed by atoms with Crippen LogP contribution in [0.3, 0.4) is 0 Å². The van der Waals surface area contributed by atoms with E-state index in [1.165, 1.54) is 0 Å². The number of unbranched alkanes of at least 4 members (excludes halogenated alkanes) is 1. The van der Waals surface area contributed by atoms with Crippen LogP contribution in [-0.4, -0.2) is 17.3 Å². The summed E-state index contributed by atoms with van der Waals surface area (Å²) in [6.45, 7) is 0. The lowest BCUT2D eigenvalue weighted by atomic mass is 10.2. The van der Waals surface area contributed by atoms with E-state index in [2.05, 4.69) is 22.0 Å². The predicted molar refractivity (Wildman–Crippen MR) is 70.6 cm³/mol. The minimum Gasteiger partial charge on any atom is -0.293 e. The van der Waals surface area contributed by atoms with Gasteiger partial charge in [0.15, 0.2) is 5.78 Å². The van der Waals surface area contributed by atoms with Crippen LogP contribution in [0, 0.1) is 11.3 Å². The molecule has 0 radical (unpaired) electrons. The molecule has 84 valence electrons. The molecule has 0 fully saturated rings. The van der Waals surface area contributed by atoms with Crippen LogP contribution in [0.25, 0.3) is 0 Å². The number of ketones is 1. The summed E-state index contributed by atoms with van der Waals surface area (Å²) in [5.74, 6) is 1.51. The van der Waals surface area contributed by atoms with Gasteiger partial charge in [-0.05, 0) is 24.3 Å². The third kappa shape index (κ3) is 4.82. The number of hydrogen-bond acceptors (Lipinski definition) is 3. The highest BCUT2D eigenvalue weighted by molar-refractivity contribution is 9.10. The topological polar surface area (TPSA) is 40.9 Å². The van der Waals surface area contributed by atoms with Crippen molar-refractivity contribution >= 4 is 33.5 Å². The third-order valence-electron chi connectivity index (χ3n) is 1.98. The SMILES string of the molecule is N#CCCCSCC(=O)c1ccc(Br)cc1. The van der Waals surface area contributed by atoms with Crippen molar-refractivity contribution in [3.8, 4) is 6.07 Å². The Labute approximate surface area is 108 Å². The summed E-state index contributed by atoms with van der Waals surface area (Å²) in [6, 6.07) is 9.47. The second-order valence-electron chi connectivity index (χ2n) is 3.24. The standard InChI is InChI=1S/C12H12BrNOS/c13-11-5-3-10(4-6-11)12(15)9-16-8-2-1-7-14/h3-6H,1-2,8-9H2. The molecule has 0 saturated heterocycles. The van der Waals surface area contributed by atoms with Crippen LogP contribution >= 0.6 is 27.7 Å². The lowest BCUT2D eigenvalue weighted by Gasteiger charge is -2.00. The van der Waals surface area contributed by atoms with Crippen molar-refractivity contribution < 1.29 is 4.79 Å². The fourth-order valence-electron chi connectivity index (χ4n) is 1.14. The number of carbonyl (C=O) groups excluding carboxylic acids is 1. The molecule has 0 spiro atoms. The van der Waals surface area contributed by atoms with Crippen LogP contribution in [0.2, 0.25) is 0 Å². The second-order valence-corrected chi connectivity index (χ2v) is 5.27. The van der Waals surface area contributed by atoms with Crippen molar-refractivity contribution in [3.63, 3.8) is 0 Å². The van der Waals surface area contributed by atoms with Crippen molar-refractivity contribution in [2.75, 3.05) is 11.5 Å². The van der Waals surface area contributed by atoms with E-state index >= 15 is 0 Å². The van der Waals surface area contributed by atoms with Gasteiger partial charge in [-0.2, -0.15) is 17.0 Å². The summed E-state index contributed by atoms with van der Waals surface area (Å²) in [7, 11) is 0. The van der Waals surface area contributed by atoms with Crippen molar-refractivity contribution in [2.24, 2.45) is 0 Å². The van der Waals surface area contributed by atoms with Crippen molar-refractivity contribution in [1.29, 1.82) is 5.26 Å². The maximum atomic E-state index is 11.7. The molecule has 1 aromatic rings. The first-order valence-electron chi connectivity index (χ1n) is 4.97. The van der Waals surface area contributed by atoms with Crippen molar-refractivity contribution in [2.45, 2.75) is 12.8 Å². The number of nitriles is 1. The molecule has 0 saturated carbocycles. The molecule has 1 rings (SSSR count). The van der Waals surface area contributed by atoms with E-state index in [-0.39, 0.29) is 5.78 Å². The molecule has 0 amide bonds. The van der Waals surface area contributed by atoms with E-state index in [4.69, 9.17) is 5.26 Å². The molecule has 0 aromatic heterocycles. The average molecular weight is 298 g/mol.